The molecule has 26 heavy (non-hydrogen) atoms. The summed E-state index contributed by atoms with van der Waals surface area (Å²) in [6.45, 7) is 1.93. The van der Waals surface area contributed by atoms with Crippen molar-refractivity contribution >= 4 is 23.2 Å². The zero-order chi connectivity index (χ0) is 18.7. The van der Waals surface area contributed by atoms with E-state index >= 15 is 0 Å². The number of rotatable bonds is 4. The Morgan fingerprint density at radius 3 is 2.46 bits per heavy atom. The van der Waals surface area contributed by atoms with Crippen molar-refractivity contribution in [3.8, 4) is 22.9 Å². The van der Waals surface area contributed by atoms with E-state index < -0.39 is 5.56 Å². The molecule has 0 radical (unpaired) electrons. The van der Waals surface area contributed by atoms with Crippen molar-refractivity contribution in [3.63, 3.8) is 0 Å². The third-order valence-electron chi connectivity index (χ3n) is 3.89. The number of hydrogen-bond donors (Lipinski definition) is 1. The molecular formula is C20H14Cl2N2O2. The predicted octanol–water partition coefficient (Wildman–Crippen LogP) is 5.11. The molecule has 0 saturated carbocycles. The fraction of sp³-hybridized carbons (Fsp3) is 0.100. The average molecular weight is 385 g/mol. The van der Waals surface area contributed by atoms with Crippen LogP contribution in [0.4, 0.5) is 0 Å². The second-order valence-electron chi connectivity index (χ2n) is 5.67. The van der Waals surface area contributed by atoms with Crippen molar-refractivity contribution in [2.24, 2.45) is 0 Å². The van der Waals surface area contributed by atoms with E-state index in [4.69, 9.17) is 27.9 Å². The molecule has 3 rings (SSSR count). The lowest BCUT2D eigenvalue weighted by Crippen LogP contribution is -2.13. The summed E-state index contributed by atoms with van der Waals surface area (Å²) in [6, 6.07) is 16.2. The molecule has 0 aliphatic rings. The Labute approximate surface area is 160 Å². The van der Waals surface area contributed by atoms with Crippen LogP contribution in [0.25, 0.3) is 11.1 Å². The summed E-state index contributed by atoms with van der Waals surface area (Å²) in [5.41, 5.74) is 2.13. The molecule has 0 fully saturated rings. The van der Waals surface area contributed by atoms with Gasteiger partial charge in [-0.05, 0) is 31.2 Å². The van der Waals surface area contributed by atoms with Crippen LogP contribution >= 0.6 is 23.2 Å². The molecule has 1 heterocycles. The number of hydrogen-bond acceptors (Lipinski definition) is 3. The van der Waals surface area contributed by atoms with Crippen LogP contribution in [0.1, 0.15) is 16.8 Å². The molecule has 0 aliphatic heterocycles. The SMILES string of the molecule is Cc1cc(-c2ccccc2OCc2c(Cl)cccc2Cl)c(C#N)c(=O)[nH]1. The number of nitriles is 1. The minimum Gasteiger partial charge on any atom is -0.488 e. The second kappa shape index (κ2) is 7.65. The Morgan fingerprint density at radius 2 is 1.77 bits per heavy atom. The van der Waals surface area contributed by atoms with Crippen molar-refractivity contribution in [1.29, 1.82) is 5.26 Å². The highest BCUT2D eigenvalue weighted by Gasteiger charge is 2.15. The molecule has 0 unspecified atom stereocenters. The number of nitrogens with zero attached hydrogens (tertiary/aromatic N) is 1. The van der Waals surface area contributed by atoms with Gasteiger partial charge in [0.05, 0.1) is 0 Å². The van der Waals surface area contributed by atoms with E-state index in [2.05, 4.69) is 4.98 Å². The quantitative estimate of drug-likeness (QED) is 0.679. The van der Waals surface area contributed by atoms with Crippen LogP contribution in [-0.4, -0.2) is 4.98 Å². The molecule has 0 atom stereocenters. The fourth-order valence-corrected chi connectivity index (χ4v) is 3.15. The van der Waals surface area contributed by atoms with Gasteiger partial charge in [0.25, 0.3) is 5.56 Å². The molecule has 0 saturated heterocycles. The Balaban J connectivity index is 2.03. The highest BCUT2D eigenvalue weighted by atomic mass is 35.5. The minimum atomic E-state index is -0.425. The number of aromatic amines is 1. The van der Waals surface area contributed by atoms with Gasteiger partial charge in [-0.15, -0.1) is 0 Å². The van der Waals surface area contributed by atoms with Gasteiger partial charge in [0.2, 0.25) is 0 Å². The average Bonchev–Trinajstić information content (AvgIpc) is 2.61. The maximum Gasteiger partial charge on any atom is 0.266 e. The summed E-state index contributed by atoms with van der Waals surface area (Å²) < 4.78 is 5.93. The Hall–Kier alpha value is -2.74. The predicted molar refractivity (Wildman–Crippen MR) is 103 cm³/mol. The van der Waals surface area contributed by atoms with Crippen molar-refractivity contribution in [1.82, 2.24) is 4.98 Å². The van der Waals surface area contributed by atoms with E-state index in [-0.39, 0.29) is 12.2 Å². The number of aryl methyl sites for hydroxylation is 1. The zero-order valence-corrected chi connectivity index (χ0v) is 15.4. The summed E-state index contributed by atoms with van der Waals surface area (Å²) in [5, 5.41) is 10.4. The molecule has 0 spiro atoms. The first-order valence-electron chi connectivity index (χ1n) is 7.80. The molecule has 1 aromatic heterocycles. The van der Waals surface area contributed by atoms with E-state index in [1.807, 2.05) is 18.2 Å². The number of ether oxygens (including phenoxy) is 1. The van der Waals surface area contributed by atoms with Gasteiger partial charge >= 0.3 is 0 Å². The van der Waals surface area contributed by atoms with E-state index in [1.165, 1.54) is 0 Å². The monoisotopic (exact) mass is 384 g/mol. The lowest BCUT2D eigenvalue weighted by atomic mass is 10.00. The van der Waals surface area contributed by atoms with Gasteiger partial charge in [0.1, 0.15) is 24.0 Å². The summed E-state index contributed by atoms with van der Waals surface area (Å²) in [6.07, 6.45) is 0. The van der Waals surface area contributed by atoms with Gasteiger partial charge in [-0.25, -0.2) is 0 Å². The molecule has 0 amide bonds. The first kappa shape index (κ1) is 18.1. The van der Waals surface area contributed by atoms with Crippen LogP contribution in [0.2, 0.25) is 10.0 Å². The van der Waals surface area contributed by atoms with Crippen LogP contribution in [0.3, 0.4) is 0 Å². The van der Waals surface area contributed by atoms with Crippen molar-refractivity contribution in [3.05, 3.63) is 85.8 Å². The molecule has 2 aromatic carbocycles. The van der Waals surface area contributed by atoms with Gasteiger partial charge < -0.3 is 9.72 Å². The van der Waals surface area contributed by atoms with Gasteiger partial charge in [0, 0.05) is 32.4 Å². The molecule has 0 bridgehead atoms. The Morgan fingerprint density at radius 1 is 1.08 bits per heavy atom. The highest BCUT2D eigenvalue weighted by molar-refractivity contribution is 6.35. The smallest absolute Gasteiger partial charge is 0.266 e. The lowest BCUT2D eigenvalue weighted by Gasteiger charge is -2.14. The molecule has 0 aliphatic carbocycles. The van der Waals surface area contributed by atoms with Crippen molar-refractivity contribution in [2.75, 3.05) is 0 Å². The Kier molecular flexibility index (Phi) is 5.32. The van der Waals surface area contributed by atoms with Crippen molar-refractivity contribution < 1.29 is 4.74 Å². The zero-order valence-electron chi connectivity index (χ0n) is 13.8. The maximum atomic E-state index is 12.1. The number of H-pyrrole nitrogens is 1. The van der Waals surface area contributed by atoms with Gasteiger partial charge in [-0.2, -0.15) is 5.26 Å². The third kappa shape index (κ3) is 3.60. The molecule has 130 valence electrons. The lowest BCUT2D eigenvalue weighted by molar-refractivity contribution is 0.307. The summed E-state index contributed by atoms with van der Waals surface area (Å²) >= 11 is 12.4. The van der Waals surface area contributed by atoms with Crippen molar-refractivity contribution in [2.45, 2.75) is 13.5 Å². The molecule has 3 aromatic rings. The van der Waals surface area contributed by atoms with E-state index in [1.54, 1.807) is 43.3 Å². The number of para-hydroxylation sites is 1. The number of aromatic nitrogens is 1. The first-order valence-corrected chi connectivity index (χ1v) is 8.56. The second-order valence-corrected chi connectivity index (χ2v) is 6.48. The Bertz CT molecular complexity index is 1050. The van der Waals surface area contributed by atoms with E-state index in [0.29, 0.717) is 38.2 Å². The largest absolute Gasteiger partial charge is 0.488 e. The third-order valence-corrected chi connectivity index (χ3v) is 4.60. The van der Waals surface area contributed by atoms with Gasteiger partial charge in [0.15, 0.2) is 0 Å². The number of benzene rings is 2. The van der Waals surface area contributed by atoms with Crippen LogP contribution in [0.5, 0.6) is 5.75 Å². The number of halogens is 2. The normalized spacial score (nSPS) is 10.4. The molecule has 1 N–H and O–H groups in total. The summed E-state index contributed by atoms with van der Waals surface area (Å²) in [7, 11) is 0. The standard InChI is InChI=1S/C20H14Cl2N2O2/c1-12-9-14(15(10-23)20(25)24-12)13-5-2-3-8-19(13)26-11-16-17(21)6-4-7-18(16)22/h2-9H,11H2,1H3,(H,24,25). The number of pyridine rings is 1. The van der Waals surface area contributed by atoms with Crippen LogP contribution in [0.15, 0.2) is 53.3 Å². The maximum absolute atomic E-state index is 12.1. The molecule has 4 nitrogen and oxygen atoms in total. The summed E-state index contributed by atoms with van der Waals surface area (Å²) in [4.78, 5) is 14.7. The van der Waals surface area contributed by atoms with Crippen LogP contribution < -0.4 is 10.3 Å². The van der Waals surface area contributed by atoms with E-state index in [9.17, 15) is 10.1 Å². The number of nitrogens with one attached hydrogen (secondary N) is 1. The molecule has 6 heteroatoms. The topological polar surface area (TPSA) is 65.9 Å². The van der Waals surface area contributed by atoms with Gasteiger partial charge in [-0.1, -0.05) is 47.5 Å². The fourth-order valence-electron chi connectivity index (χ4n) is 2.65. The first-order chi connectivity index (χ1) is 12.5. The van der Waals surface area contributed by atoms with Gasteiger partial charge in [-0.3, -0.25) is 4.79 Å². The summed E-state index contributed by atoms with van der Waals surface area (Å²) in [5.74, 6) is 0.532. The minimum absolute atomic E-state index is 0.0439. The van der Waals surface area contributed by atoms with E-state index in [0.717, 1.165) is 0 Å². The van der Waals surface area contributed by atoms with Crippen LogP contribution in [-0.2, 0) is 6.61 Å². The molecular weight excluding hydrogens is 371 g/mol. The van der Waals surface area contributed by atoms with Crippen LogP contribution in [0, 0.1) is 18.3 Å². The highest BCUT2D eigenvalue weighted by Crippen LogP contribution is 2.33.